The molecule has 0 aliphatic rings. The minimum Gasteiger partial charge on any atom is -0.393 e. The molecule has 0 atom stereocenters. The molecule has 0 aromatic heterocycles. The van der Waals surface area contributed by atoms with E-state index < -0.39 is 29.0 Å². The monoisotopic (exact) mass is 307 g/mol. The minimum atomic E-state index is -4.60. The van der Waals surface area contributed by atoms with Crippen LogP contribution >= 0.6 is 12.2 Å². The zero-order valence-corrected chi connectivity index (χ0v) is 11.6. The Morgan fingerprint density at radius 1 is 1.44 bits per heavy atom. The normalized spacial score (nSPS) is 13.3. The number of rotatable bonds is 7. The second kappa shape index (κ2) is 6.64. The minimum absolute atomic E-state index is 0.0554. The summed E-state index contributed by atoms with van der Waals surface area (Å²) in [7, 11) is -4.20. The van der Waals surface area contributed by atoms with Gasteiger partial charge in [0.15, 0.2) is 0 Å². The van der Waals surface area contributed by atoms with Crippen LogP contribution in [0.15, 0.2) is 0 Å². The van der Waals surface area contributed by atoms with Crippen molar-refractivity contribution in [2.75, 3.05) is 13.1 Å². The molecule has 0 heterocycles. The zero-order valence-electron chi connectivity index (χ0n) is 9.99. The van der Waals surface area contributed by atoms with E-state index in [0.29, 0.717) is 0 Å². The van der Waals surface area contributed by atoms with Gasteiger partial charge >= 0.3 is 6.18 Å². The second-order valence-corrected chi connectivity index (χ2v) is 6.09. The summed E-state index contributed by atoms with van der Waals surface area (Å²) in [5.74, 6) is 0. The Bertz CT molecular complexity index is 382. The quantitative estimate of drug-likeness (QED) is 0.681. The van der Waals surface area contributed by atoms with Gasteiger partial charge in [-0.25, -0.2) is 0 Å². The van der Waals surface area contributed by atoms with E-state index in [0.717, 1.165) is 4.31 Å². The molecule has 0 bridgehead atoms. The average Bonchev–Trinajstić information content (AvgIpc) is 2.12. The van der Waals surface area contributed by atoms with Crippen molar-refractivity contribution in [2.45, 2.75) is 32.5 Å². The Morgan fingerprint density at radius 2 is 1.94 bits per heavy atom. The average molecular weight is 307 g/mol. The van der Waals surface area contributed by atoms with Crippen LogP contribution in [0.1, 0.15) is 20.3 Å². The highest BCUT2D eigenvalue weighted by atomic mass is 32.2. The first-order chi connectivity index (χ1) is 7.96. The van der Waals surface area contributed by atoms with Crippen LogP contribution in [0.25, 0.3) is 0 Å². The van der Waals surface area contributed by atoms with Crippen LogP contribution < -0.4 is 10.5 Å². The lowest BCUT2D eigenvalue weighted by atomic mass is 10.3. The molecule has 0 radical (unpaired) electrons. The molecule has 0 aliphatic heterocycles. The molecule has 0 amide bonds. The van der Waals surface area contributed by atoms with Crippen molar-refractivity contribution in [3.8, 4) is 0 Å². The van der Waals surface area contributed by atoms with Gasteiger partial charge in [-0.1, -0.05) is 12.2 Å². The van der Waals surface area contributed by atoms with Gasteiger partial charge in [-0.2, -0.15) is 30.6 Å². The van der Waals surface area contributed by atoms with E-state index in [1.807, 2.05) is 0 Å². The first-order valence-corrected chi connectivity index (χ1v) is 6.92. The molecule has 0 saturated carbocycles. The van der Waals surface area contributed by atoms with E-state index in [9.17, 15) is 21.6 Å². The second-order valence-electron chi connectivity index (χ2n) is 3.86. The Morgan fingerprint density at radius 3 is 2.28 bits per heavy atom. The molecule has 0 spiro atoms. The summed E-state index contributed by atoms with van der Waals surface area (Å²) in [4.78, 5) is 0.103. The highest BCUT2D eigenvalue weighted by molar-refractivity contribution is 7.87. The predicted molar refractivity (Wildman–Crippen MR) is 66.2 cm³/mol. The number of nitrogens with two attached hydrogens (primary N) is 1. The third kappa shape index (κ3) is 7.09. The molecule has 10 heteroatoms. The summed E-state index contributed by atoms with van der Waals surface area (Å²) in [6.45, 7) is 1.44. The first kappa shape index (κ1) is 17.6. The Kier molecular flexibility index (Phi) is 6.47. The maximum atomic E-state index is 12.0. The third-order valence-electron chi connectivity index (χ3n) is 1.92. The van der Waals surface area contributed by atoms with Crippen LogP contribution in [-0.2, 0) is 10.2 Å². The van der Waals surface area contributed by atoms with E-state index in [1.165, 1.54) is 4.72 Å². The van der Waals surface area contributed by atoms with Gasteiger partial charge in [0.1, 0.15) is 6.54 Å². The molecule has 0 aromatic carbocycles. The molecule has 0 unspecified atom stereocenters. The highest BCUT2D eigenvalue weighted by Gasteiger charge is 2.32. The van der Waals surface area contributed by atoms with Crippen molar-refractivity contribution in [3.63, 3.8) is 0 Å². The molecular formula is C8H16F3N3O2S2. The molecule has 0 fully saturated rings. The number of nitrogens with zero attached hydrogens (tertiary/aromatic N) is 1. The van der Waals surface area contributed by atoms with Gasteiger partial charge in [-0.3, -0.25) is 0 Å². The van der Waals surface area contributed by atoms with Gasteiger partial charge in [0.2, 0.25) is 0 Å². The lowest BCUT2D eigenvalue weighted by molar-refractivity contribution is -0.121. The van der Waals surface area contributed by atoms with Crippen LogP contribution in [0.4, 0.5) is 13.2 Å². The van der Waals surface area contributed by atoms with Crippen LogP contribution in [0.2, 0.25) is 0 Å². The standard InChI is InChI=1S/C8H16F3N3O2S2/c1-6(2)14(4-3-7(12)17)18(15,16)13-5-8(9,10)11/h6,13H,3-5H2,1-2H3,(H2,12,17). The molecule has 18 heavy (non-hydrogen) atoms. The van der Waals surface area contributed by atoms with Gasteiger partial charge in [0.25, 0.3) is 10.2 Å². The van der Waals surface area contributed by atoms with E-state index in [4.69, 9.17) is 5.73 Å². The van der Waals surface area contributed by atoms with Crippen molar-refractivity contribution < 1.29 is 21.6 Å². The number of alkyl halides is 3. The number of hydrogen-bond donors (Lipinski definition) is 2. The molecule has 108 valence electrons. The molecule has 5 nitrogen and oxygen atoms in total. The SMILES string of the molecule is CC(C)N(CCC(N)=S)S(=O)(=O)NCC(F)(F)F. The third-order valence-corrected chi connectivity index (χ3v) is 3.85. The van der Waals surface area contributed by atoms with E-state index in [-0.39, 0.29) is 18.0 Å². The van der Waals surface area contributed by atoms with Crippen LogP contribution in [0, 0.1) is 0 Å². The van der Waals surface area contributed by atoms with Crippen molar-refractivity contribution in [2.24, 2.45) is 5.73 Å². The van der Waals surface area contributed by atoms with Crippen molar-refractivity contribution in [3.05, 3.63) is 0 Å². The van der Waals surface area contributed by atoms with Gasteiger partial charge in [-0.15, -0.1) is 0 Å². The molecule has 0 aliphatic carbocycles. The lowest BCUT2D eigenvalue weighted by Crippen LogP contribution is -2.48. The Balaban J connectivity index is 4.72. The van der Waals surface area contributed by atoms with Crippen molar-refractivity contribution in [1.82, 2.24) is 9.03 Å². The molecule has 0 aromatic rings. The number of halogens is 3. The largest absolute Gasteiger partial charge is 0.402 e. The van der Waals surface area contributed by atoms with Crippen LogP contribution in [0.3, 0.4) is 0 Å². The molecule has 3 N–H and O–H groups in total. The zero-order chi connectivity index (χ0) is 14.6. The van der Waals surface area contributed by atoms with Crippen molar-refractivity contribution >= 4 is 27.4 Å². The van der Waals surface area contributed by atoms with E-state index >= 15 is 0 Å². The number of thiocarbonyl (C=S) groups is 1. The van der Waals surface area contributed by atoms with E-state index in [2.05, 4.69) is 12.2 Å². The predicted octanol–water partition coefficient (Wildman–Crippen LogP) is 0.770. The summed E-state index contributed by atoms with van der Waals surface area (Å²) < 4.78 is 61.6. The summed E-state index contributed by atoms with van der Waals surface area (Å²) in [5.41, 5.74) is 5.24. The fraction of sp³-hybridized carbons (Fsp3) is 0.875. The fourth-order valence-electron chi connectivity index (χ4n) is 1.13. The van der Waals surface area contributed by atoms with Crippen LogP contribution in [0.5, 0.6) is 0 Å². The van der Waals surface area contributed by atoms with Crippen LogP contribution in [-0.4, -0.2) is 43.0 Å². The summed E-state index contributed by atoms with van der Waals surface area (Å²) in [6, 6.07) is -0.495. The maximum Gasteiger partial charge on any atom is 0.402 e. The highest BCUT2D eigenvalue weighted by Crippen LogP contribution is 2.14. The lowest BCUT2D eigenvalue weighted by Gasteiger charge is -2.26. The molecule has 0 rings (SSSR count). The Hall–Kier alpha value is -0.450. The van der Waals surface area contributed by atoms with Gasteiger partial charge in [-0.05, 0) is 13.8 Å². The summed E-state index contributed by atoms with van der Waals surface area (Å²) >= 11 is 4.60. The van der Waals surface area contributed by atoms with Crippen molar-refractivity contribution in [1.29, 1.82) is 0 Å². The topological polar surface area (TPSA) is 75.4 Å². The molecule has 0 saturated heterocycles. The Labute approximate surface area is 110 Å². The summed E-state index contributed by atoms with van der Waals surface area (Å²) in [5, 5.41) is 0. The smallest absolute Gasteiger partial charge is 0.393 e. The fourth-order valence-corrected chi connectivity index (χ4v) is 2.62. The number of hydrogen-bond acceptors (Lipinski definition) is 3. The first-order valence-electron chi connectivity index (χ1n) is 5.07. The van der Waals surface area contributed by atoms with E-state index in [1.54, 1.807) is 13.8 Å². The van der Waals surface area contributed by atoms with Gasteiger partial charge < -0.3 is 5.73 Å². The summed E-state index contributed by atoms with van der Waals surface area (Å²) in [6.07, 6.45) is -4.49. The van der Waals surface area contributed by atoms with Gasteiger partial charge in [0, 0.05) is 19.0 Å². The maximum absolute atomic E-state index is 12.0. The van der Waals surface area contributed by atoms with Gasteiger partial charge in [0.05, 0.1) is 4.99 Å². The number of nitrogens with one attached hydrogen (secondary N) is 1. The molecular weight excluding hydrogens is 291 g/mol.